The maximum absolute atomic E-state index is 4.29. The Morgan fingerprint density at radius 2 is 1.86 bits per heavy atom. The van der Waals surface area contributed by atoms with Crippen molar-refractivity contribution in [3.05, 3.63) is 59.9 Å². The molecular formula is C12H12N2. The number of aliphatic imine (C=N–C) groups is 1. The van der Waals surface area contributed by atoms with E-state index in [1.165, 1.54) is 0 Å². The van der Waals surface area contributed by atoms with E-state index in [-0.39, 0.29) is 0 Å². The summed E-state index contributed by atoms with van der Waals surface area (Å²) in [5.41, 5.74) is 3.19. The molecule has 2 heteroatoms. The molecule has 0 saturated heterocycles. The molecule has 14 heavy (non-hydrogen) atoms. The Hall–Kier alpha value is -1.83. The first-order valence-electron chi connectivity index (χ1n) is 4.58. The largest absolute Gasteiger partial charge is 0.360 e. The fraction of sp³-hybridized carbons (Fsp3) is 0.0833. The van der Waals surface area contributed by atoms with Gasteiger partial charge in [0.1, 0.15) is 0 Å². The van der Waals surface area contributed by atoms with Crippen molar-refractivity contribution in [3.8, 4) is 0 Å². The molecule has 1 aromatic heterocycles. The number of aromatic nitrogens is 1. The molecule has 70 valence electrons. The molecule has 1 aromatic carbocycles. The molecule has 0 unspecified atom stereocenters. The van der Waals surface area contributed by atoms with E-state index >= 15 is 0 Å². The molecule has 0 atom stereocenters. The van der Waals surface area contributed by atoms with E-state index in [0.29, 0.717) is 0 Å². The standard InChI is InChI=1S/C12H12N2/c1-13-12(11-8-5-9-14-11)10-6-3-2-4-7-10/h2-9,14H,1H3. The Morgan fingerprint density at radius 3 is 2.43 bits per heavy atom. The number of rotatable bonds is 2. The summed E-state index contributed by atoms with van der Waals surface area (Å²) in [4.78, 5) is 7.44. The van der Waals surface area contributed by atoms with Gasteiger partial charge in [-0.2, -0.15) is 0 Å². The molecule has 2 rings (SSSR count). The van der Waals surface area contributed by atoms with Crippen molar-refractivity contribution in [1.29, 1.82) is 0 Å². The first-order chi connectivity index (χ1) is 6.92. The molecule has 0 aliphatic carbocycles. The van der Waals surface area contributed by atoms with Gasteiger partial charge in [-0.3, -0.25) is 4.99 Å². The molecule has 2 nitrogen and oxygen atoms in total. The summed E-state index contributed by atoms with van der Waals surface area (Å²) in [5, 5.41) is 0. The SMILES string of the molecule is CN=C(c1ccccc1)c1ccc[nH]1. The summed E-state index contributed by atoms with van der Waals surface area (Å²) >= 11 is 0. The molecule has 1 N–H and O–H groups in total. The second kappa shape index (κ2) is 3.92. The number of aromatic amines is 1. The average Bonchev–Trinajstić information content (AvgIpc) is 2.74. The highest BCUT2D eigenvalue weighted by Crippen LogP contribution is 2.08. The lowest BCUT2D eigenvalue weighted by Crippen LogP contribution is -2.02. The average molecular weight is 184 g/mol. The topological polar surface area (TPSA) is 28.1 Å². The Morgan fingerprint density at radius 1 is 1.07 bits per heavy atom. The van der Waals surface area contributed by atoms with Crippen molar-refractivity contribution in [1.82, 2.24) is 4.98 Å². The normalized spacial score (nSPS) is 11.6. The number of hydrogen-bond acceptors (Lipinski definition) is 1. The van der Waals surface area contributed by atoms with Crippen LogP contribution in [0.15, 0.2) is 53.7 Å². The summed E-state index contributed by atoms with van der Waals surface area (Å²) in [7, 11) is 1.81. The molecule has 0 aliphatic heterocycles. The van der Waals surface area contributed by atoms with Crippen LogP contribution < -0.4 is 0 Å². The third-order valence-electron chi connectivity index (χ3n) is 2.12. The third kappa shape index (κ3) is 1.59. The highest BCUT2D eigenvalue weighted by Gasteiger charge is 2.04. The minimum Gasteiger partial charge on any atom is -0.360 e. The van der Waals surface area contributed by atoms with E-state index in [0.717, 1.165) is 17.0 Å². The van der Waals surface area contributed by atoms with E-state index in [1.54, 1.807) is 0 Å². The monoisotopic (exact) mass is 184 g/mol. The van der Waals surface area contributed by atoms with Gasteiger partial charge in [-0.05, 0) is 12.1 Å². The van der Waals surface area contributed by atoms with Crippen molar-refractivity contribution in [2.24, 2.45) is 4.99 Å². The lowest BCUT2D eigenvalue weighted by Gasteiger charge is -2.02. The zero-order valence-corrected chi connectivity index (χ0v) is 8.07. The lowest BCUT2D eigenvalue weighted by molar-refractivity contribution is 1.33. The minimum absolute atomic E-state index is 0.996. The molecule has 0 bridgehead atoms. The number of H-pyrrole nitrogens is 1. The summed E-state index contributed by atoms with van der Waals surface area (Å²) < 4.78 is 0. The first kappa shape index (κ1) is 8.75. The van der Waals surface area contributed by atoms with Crippen LogP contribution in [0.25, 0.3) is 0 Å². The Balaban J connectivity index is 2.43. The molecule has 0 aliphatic rings. The van der Waals surface area contributed by atoms with Crippen LogP contribution in [0.2, 0.25) is 0 Å². The summed E-state index contributed by atoms with van der Waals surface area (Å²) in [6.07, 6.45) is 1.91. The molecule has 0 saturated carbocycles. The number of hydrogen-bond donors (Lipinski definition) is 1. The third-order valence-corrected chi connectivity index (χ3v) is 2.12. The molecular weight excluding hydrogens is 172 g/mol. The van der Waals surface area contributed by atoms with Gasteiger partial charge in [-0.15, -0.1) is 0 Å². The van der Waals surface area contributed by atoms with Crippen LogP contribution in [0.4, 0.5) is 0 Å². The second-order valence-corrected chi connectivity index (χ2v) is 3.02. The fourth-order valence-corrected chi connectivity index (χ4v) is 1.48. The van der Waals surface area contributed by atoms with Crippen LogP contribution in [0.3, 0.4) is 0 Å². The van der Waals surface area contributed by atoms with Gasteiger partial charge in [0.2, 0.25) is 0 Å². The van der Waals surface area contributed by atoms with E-state index in [1.807, 2.05) is 43.6 Å². The van der Waals surface area contributed by atoms with Crippen molar-refractivity contribution < 1.29 is 0 Å². The maximum atomic E-state index is 4.29. The molecule has 0 amide bonds. The zero-order chi connectivity index (χ0) is 9.80. The van der Waals surface area contributed by atoms with Gasteiger partial charge in [-0.25, -0.2) is 0 Å². The summed E-state index contributed by atoms with van der Waals surface area (Å²) in [5.74, 6) is 0. The maximum Gasteiger partial charge on any atom is 0.0877 e. The Bertz CT molecular complexity index is 413. The van der Waals surface area contributed by atoms with Crippen molar-refractivity contribution in [2.45, 2.75) is 0 Å². The predicted molar refractivity (Wildman–Crippen MR) is 58.8 cm³/mol. The summed E-state index contributed by atoms with van der Waals surface area (Å²) in [6, 6.07) is 14.2. The van der Waals surface area contributed by atoms with Crippen molar-refractivity contribution in [2.75, 3.05) is 7.05 Å². The van der Waals surface area contributed by atoms with E-state index in [9.17, 15) is 0 Å². The second-order valence-electron chi connectivity index (χ2n) is 3.02. The minimum atomic E-state index is 0.996. The van der Waals surface area contributed by atoms with E-state index in [4.69, 9.17) is 0 Å². The van der Waals surface area contributed by atoms with Gasteiger partial charge >= 0.3 is 0 Å². The zero-order valence-electron chi connectivity index (χ0n) is 8.07. The van der Waals surface area contributed by atoms with Crippen molar-refractivity contribution >= 4 is 5.71 Å². The number of nitrogens with zero attached hydrogens (tertiary/aromatic N) is 1. The number of nitrogens with one attached hydrogen (secondary N) is 1. The van der Waals surface area contributed by atoms with Crippen LogP contribution in [0.1, 0.15) is 11.3 Å². The van der Waals surface area contributed by atoms with Crippen LogP contribution in [0.5, 0.6) is 0 Å². The quantitative estimate of drug-likeness (QED) is 0.694. The van der Waals surface area contributed by atoms with Crippen LogP contribution in [-0.4, -0.2) is 17.7 Å². The number of benzene rings is 1. The molecule has 0 radical (unpaired) electrons. The van der Waals surface area contributed by atoms with E-state index in [2.05, 4.69) is 22.1 Å². The van der Waals surface area contributed by atoms with E-state index < -0.39 is 0 Å². The van der Waals surface area contributed by atoms with Crippen molar-refractivity contribution in [3.63, 3.8) is 0 Å². The fourth-order valence-electron chi connectivity index (χ4n) is 1.48. The highest BCUT2D eigenvalue weighted by molar-refractivity contribution is 6.11. The van der Waals surface area contributed by atoms with Gasteiger partial charge in [0.15, 0.2) is 0 Å². The van der Waals surface area contributed by atoms with Crippen LogP contribution >= 0.6 is 0 Å². The smallest absolute Gasteiger partial charge is 0.0877 e. The Kier molecular flexibility index (Phi) is 2.45. The molecule has 2 aromatic rings. The molecule has 0 fully saturated rings. The van der Waals surface area contributed by atoms with Crippen LogP contribution in [-0.2, 0) is 0 Å². The van der Waals surface area contributed by atoms with Gasteiger partial charge in [0.05, 0.1) is 11.4 Å². The van der Waals surface area contributed by atoms with Gasteiger partial charge in [0, 0.05) is 18.8 Å². The highest BCUT2D eigenvalue weighted by atomic mass is 14.8. The first-order valence-corrected chi connectivity index (χ1v) is 4.58. The summed E-state index contributed by atoms with van der Waals surface area (Å²) in [6.45, 7) is 0. The lowest BCUT2D eigenvalue weighted by atomic mass is 10.1. The van der Waals surface area contributed by atoms with Crippen LogP contribution in [0, 0.1) is 0 Å². The Labute approximate surface area is 83.3 Å². The van der Waals surface area contributed by atoms with Gasteiger partial charge < -0.3 is 4.98 Å². The molecule has 0 spiro atoms. The predicted octanol–water partition coefficient (Wildman–Crippen LogP) is 2.48. The van der Waals surface area contributed by atoms with Gasteiger partial charge in [0.25, 0.3) is 0 Å². The van der Waals surface area contributed by atoms with Gasteiger partial charge in [-0.1, -0.05) is 30.3 Å². The molecule has 1 heterocycles.